The van der Waals surface area contributed by atoms with E-state index in [1.165, 1.54) is 0 Å². The molecule has 5 nitrogen and oxygen atoms in total. The summed E-state index contributed by atoms with van der Waals surface area (Å²) < 4.78 is 5.23. The third kappa shape index (κ3) is 4.14. The highest BCUT2D eigenvalue weighted by atomic mass is 16.5. The van der Waals surface area contributed by atoms with E-state index in [1.807, 2.05) is 66.7 Å². The van der Waals surface area contributed by atoms with Gasteiger partial charge in [-0.25, -0.2) is 5.43 Å². The lowest BCUT2D eigenvalue weighted by Gasteiger charge is -2.09. The molecule has 0 saturated carbocycles. The van der Waals surface area contributed by atoms with Gasteiger partial charge < -0.3 is 10.1 Å². The highest BCUT2D eigenvalue weighted by Crippen LogP contribution is 2.22. The van der Waals surface area contributed by atoms with E-state index < -0.39 is 0 Å². The first-order chi connectivity index (χ1) is 12.3. The Kier molecular flexibility index (Phi) is 5.26. The summed E-state index contributed by atoms with van der Waals surface area (Å²) in [6, 6.07) is 21.5. The number of rotatable bonds is 6. The molecule has 0 radical (unpaired) electrons. The van der Waals surface area contributed by atoms with Crippen molar-refractivity contribution in [2.75, 3.05) is 19.0 Å². The number of amides is 1. The van der Waals surface area contributed by atoms with E-state index in [1.54, 1.807) is 13.3 Å². The van der Waals surface area contributed by atoms with Gasteiger partial charge >= 0.3 is 0 Å². The molecule has 0 saturated heterocycles. The topological polar surface area (TPSA) is 62.7 Å². The molecule has 0 aliphatic heterocycles. The van der Waals surface area contributed by atoms with Crippen LogP contribution in [0.4, 0.5) is 5.69 Å². The predicted molar refractivity (Wildman–Crippen MR) is 101 cm³/mol. The number of methoxy groups -OCH3 is 1. The second kappa shape index (κ2) is 7.97. The highest BCUT2D eigenvalue weighted by molar-refractivity contribution is 6.00. The van der Waals surface area contributed by atoms with Crippen LogP contribution in [0.25, 0.3) is 10.8 Å². The number of nitrogens with zero attached hydrogens (tertiary/aromatic N) is 1. The molecule has 0 aliphatic rings. The van der Waals surface area contributed by atoms with Gasteiger partial charge in [-0.1, -0.05) is 54.6 Å². The van der Waals surface area contributed by atoms with E-state index in [2.05, 4.69) is 15.8 Å². The molecular weight excluding hydrogens is 314 g/mol. The predicted octanol–water partition coefficient (Wildman–Crippen LogP) is 3.41. The Balaban J connectivity index is 1.59. The van der Waals surface area contributed by atoms with Gasteiger partial charge in [0.1, 0.15) is 5.75 Å². The van der Waals surface area contributed by atoms with E-state index in [-0.39, 0.29) is 12.5 Å². The zero-order valence-electron chi connectivity index (χ0n) is 13.9. The van der Waals surface area contributed by atoms with Gasteiger partial charge in [0, 0.05) is 5.56 Å². The van der Waals surface area contributed by atoms with Crippen LogP contribution in [-0.4, -0.2) is 25.8 Å². The first kappa shape index (κ1) is 16.5. The third-order valence-corrected chi connectivity index (χ3v) is 3.76. The van der Waals surface area contributed by atoms with Gasteiger partial charge in [0.25, 0.3) is 5.91 Å². The van der Waals surface area contributed by atoms with E-state index >= 15 is 0 Å². The fourth-order valence-electron chi connectivity index (χ4n) is 2.54. The molecule has 0 unspecified atom stereocenters. The van der Waals surface area contributed by atoms with Crippen LogP contribution in [0.5, 0.6) is 5.75 Å². The molecule has 0 heterocycles. The molecular formula is C20H19N3O2. The Labute approximate surface area is 146 Å². The number of ether oxygens (including phenoxy) is 1. The molecule has 25 heavy (non-hydrogen) atoms. The van der Waals surface area contributed by atoms with Crippen LogP contribution in [0, 0.1) is 0 Å². The number of nitrogens with one attached hydrogen (secondary N) is 2. The molecule has 3 aromatic rings. The van der Waals surface area contributed by atoms with E-state index in [0.29, 0.717) is 5.75 Å². The number of benzene rings is 3. The van der Waals surface area contributed by atoms with E-state index in [9.17, 15) is 4.79 Å². The van der Waals surface area contributed by atoms with Crippen LogP contribution in [0.2, 0.25) is 0 Å². The molecule has 0 aromatic heterocycles. The molecule has 5 heteroatoms. The molecule has 2 N–H and O–H groups in total. The van der Waals surface area contributed by atoms with Crippen LogP contribution in [-0.2, 0) is 4.79 Å². The average Bonchev–Trinajstić information content (AvgIpc) is 2.67. The first-order valence-corrected chi connectivity index (χ1v) is 7.94. The molecule has 0 bridgehead atoms. The molecule has 0 atom stereocenters. The largest absolute Gasteiger partial charge is 0.495 e. The number of hydrazone groups is 1. The molecule has 0 spiro atoms. The molecule has 0 aliphatic carbocycles. The number of fused-ring (bicyclic) bond motifs is 1. The van der Waals surface area contributed by atoms with Gasteiger partial charge in [0.15, 0.2) is 0 Å². The first-order valence-electron chi connectivity index (χ1n) is 7.94. The van der Waals surface area contributed by atoms with Crippen LogP contribution >= 0.6 is 0 Å². The molecule has 126 valence electrons. The number of carbonyl (C=O) groups is 1. The lowest BCUT2D eigenvalue weighted by atomic mass is 10.1. The summed E-state index contributed by atoms with van der Waals surface area (Å²) in [6.07, 6.45) is 1.66. The number of para-hydroxylation sites is 2. The van der Waals surface area contributed by atoms with Crippen molar-refractivity contribution < 1.29 is 9.53 Å². The second-order valence-electron chi connectivity index (χ2n) is 5.42. The van der Waals surface area contributed by atoms with Crippen molar-refractivity contribution in [1.82, 2.24) is 5.43 Å². The Morgan fingerprint density at radius 1 is 1.04 bits per heavy atom. The Morgan fingerprint density at radius 2 is 1.80 bits per heavy atom. The molecule has 3 rings (SSSR count). The van der Waals surface area contributed by atoms with Crippen molar-refractivity contribution in [3.05, 3.63) is 72.3 Å². The number of hydrogen-bond donors (Lipinski definition) is 2. The van der Waals surface area contributed by atoms with Crippen molar-refractivity contribution in [3.8, 4) is 5.75 Å². The minimum Gasteiger partial charge on any atom is -0.495 e. The average molecular weight is 333 g/mol. The maximum atomic E-state index is 11.9. The van der Waals surface area contributed by atoms with Crippen molar-refractivity contribution in [1.29, 1.82) is 0 Å². The van der Waals surface area contributed by atoms with Gasteiger partial charge in [-0.2, -0.15) is 5.10 Å². The summed E-state index contributed by atoms with van der Waals surface area (Å²) in [6.45, 7) is 0.104. The Bertz CT molecular complexity index is 901. The van der Waals surface area contributed by atoms with Gasteiger partial charge in [-0.3, -0.25) is 4.79 Å². The summed E-state index contributed by atoms with van der Waals surface area (Å²) in [5.41, 5.74) is 4.25. The van der Waals surface area contributed by atoms with E-state index in [0.717, 1.165) is 22.0 Å². The van der Waals surface area contributed by atoms with Gasteiger partial charge in [-0.15, -0.1) is 0 Å². The fourth-order valence-corrected chi connectivity index (χ4v) is 2.54. The summed E-state index contributed by atoms with van der Waals surface area (Å²) in [5, 5.41) is 9.31. The monoisotopic (exact) mass is 333 g/mol. The zero-order chi connectivity index (χ0) is 17.5. The molecule has 3 aromatic carbocycles. The summed E-state index contributed by atoms with van der Waals surface area (Å²) in [5.74, 6) is 0.456. The number of hydrogen-bond acceptors (Lipinski definition) is 4. The van der Waals surface area contributed by atoms with E-state index in [4.69, 9.17) is 4.74 Å². The standard InChI is InChI=1S/C20H19N3O2/c1-25-19-12-5-4-11-18(19)21-14-20(24)23-22-13-16-9-6-8-15-7-2-3-10-17(15)16/h2-13,21H,14H2,1H3,(H,23,24)/b22-13-. The zero-order valence-corrected chi connectivity index (χ0v) is 13.9. The van der Waals surface area contributed by atoms with Crippen molar-refractivity contribution >= 4 is 28.6 Å². The maximum absolute atomic E-state index is 11.9. The Morgan fingerprint density at radius 3 is 2.68 bits per heavy atom. The normalized spacial score (nSPS) is 10.8. The maximum Gasteiger partial charge on any atom is 0.259 e. The second-order valence-corrected chi connectivity index (χ2v) is 5.42. The minimum absolute atomic E-state index is 0.104. The van der Waals surface area contributed by atoms with Gasteiger partial charge in [-0.05, 0) is 22.9 Å². The highest BCUT2D eigenvalue weighted by Gasteiger charge is 2.04. The third-order valence-electron chi connectivity index (χ3n) is 3.76. The minimum atomic E-state index is -0.234. The molecule has 1 amide bonds. The lowest BCUT2D eigenvalue weighted by molar-refractivity contribution is -0.119. The number of anilines is 1. The van der Waals surface area contributed by atoms with Crippen LogP contribution in [0.1, 0.15) is 5.56 Å². The summed E-state index contributed by atoms with van der Waals surface area (Å²) >= 11 is 0. The quantitative estimate of drug-likeness (QED) is 0.537. The van der Waals surface area contributed by atoms with Crippen LogP contribution in [0.3, 0.4) is 0 Å². The van der Waals surface area contributed by atoms with Crippen molar-refractivity contribution in [2.45, 2.75) is 0 Å². The summed E-state index contributed by atoms with van der Waals surface area (Å²) in [7, 11) is 1.59. The smallest absolute Gasteiger partial charge is 0.259 e. The SMILES string of the molecule is COc1ccccc1NCC(=O)N/N=C\c1cccc2ccccc12. The lowest BCUT2D eigenvalue weighted by Crippen LogP contribution is -2.26. The van der Waals surface area contributed by atoms with Gasteiger partial charge in [0.05, 0.1) is 25.6 Å². The number of carbonyl (C=O) groups excluding carboxylic acids is 1. The Hall–Kier alpha value is -3.34. The molecule has 0 fully saturated rings. The summed E-state index contributed by atoms with van der Waals surface area (Å²) in [4.78, 5) is 11.9. The van der Waals surface area contributed by atoms with Gasteiger partial charge in [0.2, 0.25) is 0 Å². The fraction of sp³-hybridized carbons (Fsp3) is 0.100. The van der Waals surface area contributed by atoms with Crippen molar-refractivity contribution in [2.24, 2.45) is 5.10 Å². The van der Waals surface area contributed by atoms with Crippen LogP contribution < -0.4 is 15.5 Å². The van der Waals surface area contributed by atoms with Crippen molar-refractivity contribution in [3.63, 3.8) is 0 Å². The van der Waals surface area contributed by atoms with Crippen LogP contribution in [0.15, 0.2) is 71.8 Å².